The molecule has 1 aromatic heterocycles. The standard InChI is InChI=1S/C17H27N3O2Si/c1-23(2,3)12-11-22-13-20-16-9-5-4-7-14(16)15(19-20)8-6-10-17(18)21/h4-5,7,9H,6,8,10-13H2,1-3H3,(H2,18,21). The first-order valence-electron chi connectivity index (χ1n) is 8.17. The fourth-order valence-corrected chi connectivity index (χ4v) is 3.20. The Morgan fingerprint density at radius 1 is 1.30 bits per heavy atom. The van der Waals surface area contributed by atoms with E-state index in [9.17, 15) is 4.79 Å². The van der Waals surface area contributed by atoms with Crippen LogP contribution in [0.2, 0.25) is 25.7 Å². The van der Waals surface area contributed by atoms with Crippen molar-refractivity contribution >= 4 is 24.9 Å². The topological polar surface area (TPSA) is 70.1 Å². The van der Waals surface area contributed by atoms with Gasteiger partial charge in [-0.1, -0.05) is 37.8 Å². The van der Waals surface area contributed by atoms with E-state index < -0.39 is 8.07 Å². The number of amides is 1. The molecule has 0 saturated heterocycles. The van der Waals surface area contributed by atoms with Crippen molar-refractivity contribution in [2.45, 2.75) is 51.7 Å². The second-order valence-electron chi connectivity index (χ2n) is 7.13. The van der Waals surface area contributed by atoms with Gasteiger partial charge < -0.3 is 10.5 Å². The van der Waals surface area contributed by atoms with Crippen LogP contribution < -0.4 is 5.73 Å². The van der Waals surface area contributed by atoms with Crippen molar-refractivity contribution < 1.29 is 9.53 Å². The van der Waals surface area contributed by atoms with Crippen LogP contribution in [0.3, 0.4) is 0 Å². The van der Waals surface area contributed by atoms with Gasteiger partial charge in [-0.15, -0.1) is 0 Å². The van der Waals surface area contributed by atoms with E-state index in [4.69, 9.17) is 10.5 Å². The highest BCUT2D eigenvalue weighted by Crippen LogP contribution is 2.20. The van der Waals surface area contributed by atoms with Crippen molar-refractivity contribution in [1.82, 2.24) is 9.78 Å². The number of hydrogen-bond donors (Lipinski definition) is 1. The number of primary amides is 1. The molecule has 126 valence electrons. The van der Waals surface area contributed by atoms with Crippen LogP contribution in [-0.2, 0) is 22.7 Å². The quantitative estimate of drug-likeness (QED) is 0.566. The Balaban J connectivity index is 2.03. The summed E-state index contributed by atoms with van der Waals surface area (Å²) in [7, 11) is -1.07. The number of ether oxygens (including phenoxy) is 1. The summed E-state index contributed by atoms with van der Waals surface area (Å²) in [5.74, 6) is -0.261. The smallest absolute Gasteiger partial charge is 0.217 e. The Hall–Kier alpha value is -1.66. The molecular formula is C17H27N3O2Si. The monoisotopic (exact) mass is 333 g/mol. The maximum absolute atomic E-state index is 10.9. The lowest BCUT2D eigenvalue weighted by atomic mass is 10.1. The molecule has 0 atom stereocenters. The van der Waals surface area contributed by atoms with Crippen LogP contribution in [0, 0.1) is 0 Å². The average molecular weight is 334 g/mol. The second-order valence-corrected chi connectivity index (χ2v) is 12.8. The van der Waals surface area contributed by atoms with Crippen LogP contribution in [0.25, 0.3) is 10.9 Å². The van der Waals surface area contributed by atoms with Gasteiger partial charge in [0.15, 0.2) is 0 Å². The van der Waals surface area contributed by atoms with Crippen LogP contribution in [0.1, 0.15) is 18.5 Å². The van der Waals surface area contributed by atoms with Gasteiger partial charge in [-0.25, -0.2) is 4.68 Å². The molecule has 0 spiro atoms. The summed E-state index contributed by atoms with van der Waals surface area (Å²) in [4.78, 5) is 10.9. The molecule has 0 saturated carbocycles. The molecule has 1 aromatic carbocycles. The first kappa shape index (κ1) is 17.7. The number of aromatic nitrogens is 2. The van der Waals surface area contributed by atoms with E-state index in [0.717, 1.165) is 42.1 Å². The summed E-state index contributed by atoms with van der Waals surface area (Å²) in [5, 5.41) is 5.80. The summed E-state index contributed by atoms with van der Waals surface area (Å²) >= 11 is 0. The minimum absolute atomic E-state index is 0.261. The van der Waals surface area contributed by atoms with Crippen LogP contribution in [0.5, 0.6) is 0 Å². The van der Waals surface area contributed by atoms with Crippen LogP contribution in [-0.4, -0.2) is 30.4 Å². The van der Waals surface area contributed by atoms with E-state index in [1.165, 1.54) is 0 Å². The second kappa shape index (κ2) is 7.74. The molecule has 0 aliphatic heterocycles. The fraction of sp³-hybridized carbons (Fsp3) is 0.529. The third kappa shape index (κ3) is 5.48. The van der Waals surface area contributed by atoms with Gasteiger partial charge in [0.2, 0.25) is 5.91 Å². The van der Waals surface area contributed by atoms with Gasteiger partial charge in [0.1, 0.15) is 6.73 Å². The first-order valence-corrected chi connectivity index (χ1v) is 11.9. The summed E-state index contributed by atoms with van der Waals surface area (Å²) in [6.45, 7) is 8.28. The Kier molecular flexibility index (Phi) is 5.95. The number of aryl methyl sites for hydroxylation is 1. The number of nitrogens with two attached hydrogens (primary N) is 1. The molecule has 0 aliphatic rings. The Morgan fingerprint density at radius 2 is 2.04 bits per heavy atom. The Morgan fingerprint density at radius 3 is 2.74 bits per heavy atom. The summed E-state index contributed by atoms with van der Waals surface area (Å²) < 4.78 is 7.74. The molecule has 0 radical (unpaired) electrons. The summed E-state index contributed by atoms with van der Waals surface area (Å²) in [6.07, 6.45) is 1.88. The van der Waals surface area contributed by atoms with Gasteiger partial charge in [0.05, 0.1) is 11.2 Å². The van der Waals surface area contributed by atoms with Gasteiger partial charge in [-0.05, 0) is 25.0 Å². The van der Waals surface area contributed by atoms with Crippen molar-refractivity contribution in [3.63, 3.8) is 0 Å². The van der Waals surface area contributed by atoms with E-state index in [-0.39, 0.29) is 5.91 Å². The van der Waals surface area contributed by atoms with E-state index in [2.05, 4.69) is 36.9 Å². The predicted octanol–water partition coefficient (Wildman–Crippen LogP) is 3.16. The van der Waals surface area contributed by atoms with Crippen LogP contribution in [0.15, 0.2) is 24.3 Å². The molecule has 2 rings (SSSR count). The zero-order valence-electron chi connectivity index (χ0n) is 14.3. The zero-order chi connectivity index (χ0) is 16.9. The van der Waals surface area contributed by atoms with E-state index >= 15 is 0 Å². The highest BCUT2D eigenvalue weighted by atomic mass is 28.3. The number of para-hydroxylation sites is 1. The summed E-state index contributed by atoms with van der Waals surface area (Å²) in [5.41, 5.74) is 7.30. The number of nitrogens with zero attached hydrogens (tertiary/aromatic N) is 2. The fourth-order valence-electron chi connectivity index (χ4n) is 2.44. The van der Waals surface area contributed by atoms with E-state index in [0.29, 0.717) is 13.2 Å². The third-order valence-electron chi connectivity index (χ3n) is 3.78. The lowest BCUT2D eigenvalue weighted by molar-refractivity contribution is -0.118. The maximum Gasteiger partial charge on any atom is 0.217 e. The minimum Gasteiger partial charge on any atom is -0.370 e. The van der Waals surface area contributed by atoms with Gasteiger partial charge >= 0.3 is 0 Å². The molecule has 1 amide bonds. The van der Waals surface area contributed by atoms with Crippen LogP contribution in [0.4, 0.5) is 0 Å². The molecule has 0 bridgehead atoms. The molecule has 6 heteroatoms. The maximum atomic E-state index is 10.9. The van der Waals surface area contributed by atoms with Crippen molar-refractivity contribution in [2.24, 2.45) is 5.73 Å². The third-order valence-corrected chi connectivity index (χ3v) is 5.49. The summed E-state index contributed by atoms with van der Waals surface area (Å²) in [6, 6.07) is 9.30. The average Bonchev–Trinajstić information content (AvgIpc) is 2.81. The van der Waals surface area contributed by atoms with Gasteiger partial charge in [0, 0.05) is 26.5 Å². The molecule has 23 heavy (non-hydrogen) atoms. The molecule has 1 heterocycles. The van der Waals surface area contributed by atoms with Gasteiger partial charge in [0.25, 0.3) is 0 Å². The molecule has 2 aromatic rings. The molecule has 0 unspecified atom stereocenters. The normalized spacial score (nSPS) is 12.0. The van der Waals surface area contributed by atoms with E-state index in [1.54, 1.807) is 0 Å². The van der Waals surface area contributed by atoms with Crippen molar-refractivity contribution in [1.29, 1.82) is 0 Å². The largest absolute Gasteiger partial charge is 0.370 e. The van der Waals surface area contributed by atoms with Gasteiger partial charge in [-0.2, -0.15) is 5.10 Å². The van der Waals surface area contributed by atoms with Crippen molar-refractivity contribution in [3.8, 4) is 0 Å². The van der Waals surface area contributed by atoms with Crippen LogP contribution >= 0.6 is 0 Å². The molecular weight excluding hydrogens is 306 g/mol. The lowest BCUT2D eigenvalue weighted by Crippen LogP contribution is -2.22. The highest BCUT2D eigenvalue weighted by Gasteiger charge is 2.13. The first-order chi connectivity index (χ1) is 10.9. The number of hydrogen-bond acceptors (Lipinski definition) is 3. The molecule has 2 N–H and O–H groups in total. The number of rotatable bonds is 9. The number of benzene rings is 1. The zero-order valence-corrected chi connectivity index (χ0v) is 15.3. The Labute approximate surface area is 138 Å². The van der Waals surface area contributed by atoms with Crippen molar-refractivity contribution in [2.75, 3.05) is 6.61 Å². The molecule has 5 nitrogen and oxygen atoms in total. The van der Waals surface area contributed by atoms with Crippen molar-refractivity contribution in [3.05, 3.63) is 30.0 Å². The minimum atomic E-state index is -1.07. The predicted molar refractivity (Wildman–Crippen MR) is 96.0 cm³/mol. The molecule has 0 fully saturated rings. The van der Waals surface area contributed by atoms with Gasteiger partial charge in [-0.3, -0.25) is 4.79 Å². The SMILES string of the molecule is C[Si](C)(C)CCOCn1nc(CCCC(N)=O)c2ccccc21. The number of carbonyl (C=O) groups is 1. The Bertz CT molecular complexity index is 661. The number of fused-ring (bicyclic) bond motifs is 1. The molecule has 0 aliphatic carbocycles. The van der Waals surface area contributed by atoms with E-state index in [1.807, 2.05) is 16.8 Å². The highest BCUT2D eigenvalue weighted by molar-refractivity contribution is 6.76. The number of carbonyl (C=O) groups excluding carboxylic acids is 1. The lowest BCUT2D eigenvalue weighted by Gasteiger charge is -2.15.